The summed E-state index contributed by atoms with van der Waals surface area (Å²) < 4.78 is 7.61. The van der Waals surface area contributed by atoms with E-state index < -0.39 is 11.5 Å². The molecule has 1 aliphatic rings. The summed E-state index contributed by atoms with van der Waals surface area (Å²) in [4.78, 5) is 34.9. The Morgan fingerprint density at radius 2 is 2.14 bits per heavy atom. The molecule has 3 heterocycles. The van der Waals surface area contributed by atoms with Crippen LogP contribution in [0.5, 0.6) is 5.88 Å². The molecule has 0 aliphatic carbocycles. The van der Waals surface area contributed by atoms with Gasteiger partial charge in [-0.2, -0.15) is 10.4 Å². The molecule has 2 atom stereocenters. The second-order valence-corrected chi connectivity index (χ2v) is 9.44. The van der Waals surface area contributed by atoms with E-state index in [4.69, 9.17) is 9.57 Å². The van der Waals surface area contributed by atoms with E-state index in [-0.39, 0.29) is 24.0 Å². The predicted octanol–water partition coefficient (Wildman–Crippen LogP) is 2.97. The van der Waals surface area contributed by atoms with Crippen molar-refractivity contribution < 1.29 is 19.2 Å². The van der Waals surface area contributed by atoms with Crippen LogP contribution in [0.1, 0.15) is 48.4 Å². The predicted molar refractivity (Wildman–Crippen MR) is 135 cm³/mol. The number of hydrogen-bond acceptors (Lipinski definition) is 8. The summed E-state index contributed by atoms with van der Waals surface area (Å²) >= 11 is 0. The number of piperidine rings is 1. The number of amides is 1. The topological polar surface area (TPSA) is 131 Å². The van der Waals surface area contributed by atoms with E-state index in [9.17, 15) is 14.9 Å². The first kappa shape index (κ1) is 26.0. The average molecular weight is 503 g/mol. The van der Waals surface area contributed by atoms with Gasteiger partial charge in [0.15, 0.2) is 5.78 Å². The molecule has 1 aromatic carbocycles. The maximum Gasteiger partial charge on any atom is 0.230 e. The van der Waals surface area contributed by atoms with Crippen molar-refractivity contribution in [2.75, 3.05) is 13.1 Å². The SMILES string of the molecule is CC(C)(ONC=O)[C@H](C(=O)c1cc(OCc2ccccn2)n(-c2ccc(C#N)cc2)n1)[C@H]1CCCNC1. The van der Waals surface area contributed by atoms with Crippen molar-refractivity contribution in [3.63, 3.8) is 0 Å². The van der Waals surface area contributed by atoms with Gasteiger partial charge >= 0.3 is 0 Å². The van der Waals surface area contributed by atoms with Crippen molar-refractivity contribution in [2.24, 2.45) is 11.8 Å². The van der Waals surface area contributed by atoms with Crippen LogP contribution in [0.25, 0.3) is 5.69 Å². The second kappa shape index (κ2) is 11.8. The molecule has 10 nitrogen and oxygen atoms in total. The van der Waals surface area contributed by atoms with Gasteiger partial charge in [0.25, 0.3) is 0 Å². The monoisotopic (exact) mass is 502 g/mol. The van der Waals surface area contributed by atoms with Crippen LogP contribution in [-0.4, -0.2) is 45.6 Å². The Balaban J connectivity index is 1.70. The van der Waals surface area contributed by atoms with Gasteiger partial charge in [-0.3, -0.25) is 19.4 Å². The van der Waals surface area contributed by atoms with E-state index in [1.54, 1.807) is 55.1 Å². The number of nitriles is 1. The minimum Gasteiger partial charge on any atom is -0.471 e. The Kier molecular flexibility index (Phi) is 8.28. The van der Waals surface area contributed by atoms with Crippen molar-refractivity contribution >= 4 is 12.2 Å². The van der Waals surface area contributed by atoms with Gasteiger partial charge < -0.3 is 10.1 Å². The number of carbonyl (C=O) groups is 2. The van der Waals surface area contributed by atoms with Crippen LogP contribution in [0.15, 0.2) is 54.7 Å². The van der Waals surface area contributed by atoms with Crippen molar-refractivity contribution in [1.29, 1.82) is 5.26 Å². The van der Waals surface area contributed by atoms with E-state index in [2.05, 4.69) is 26.9 Å². The Morgan fingerprint density at radius 3 is 2.78 bits per heavy atom. The largest absolute Gasteiger partial charge is 0.471 e. The summed E-state index contributed by atoms with van der Waals surface area (Å²) in [5.74, 6) is -0.436. The number of nitrogens with zero attached hydrogens (tertiary/aromatic N) is 4. The summed E-state index contributed by atoms with van der Waals surface area (Å²) in [5, 5.41) is 17.2. The number of carbonyl (C=O) groups excluding carboxylic acids is 2. The fourth-order valence-corrected chi connectivity index (χ4v) is 4.74. The van der Waals surface area contributed by atoms with Crippen molar-refractivity contribution in [1.82, 2.24) is 25.6 Å². The number of benzene rings is 1. The van der Waals surface area contributed by atoms with Crippen LogP contribution < -0.4 is 15.5 Å². The van der Waals surface area contributed by atoms with Gasteiger partial charge in [-0.25, -0.2) is 10.2 Å². The Bertz CT molecular complexity index is 1240. The van der Waals surface area contributed by atoms with E-state index in [1.807, 2.05) is 18.2 Å². The highest BCUT2D eigenvalue weighted by Gasteiger charge is 2.44. The molecule has 37 heavy (non-hydrogen) atoms. The van der Waals surface area contributed by atoms with Gasteiger partial charge in [0, 0.05) is 12.3 Å². The number of Topliss-reactive ketones (excluding diaryl/α,β-unsaturated/α-hetero) is 1. The zero-order chi connectivity index (χ0) is 26.3. The molecule has 2 aromatic heterocycles. The first-order chi connectivity index (χ1) is 17.9. The van der Waals surface area contributed by atoms with Gasteiger partial charge in [0.05, 0.1) is 28.9 Å². The summed E-state index contributed by atoms with van der Waals surface area (Å²) in [7, 11) is 0. The molecule has 3 aromatic rings. The van der Waals surface area contributed by atoms with Crippen molar-refractivity contribution in [2.45, 2.75) is 38.9 Å². The summed E-state index contributed by atoms with van der Waals surface area (Å²) in [5.41, 5.74) is 3.38. The summed E-state index contributed by atoms with van der Waals surface area (Å²) in [6.45, 7) is 5.31. The van der Waals surface area contributed by atoms with Crippen LogP contribution in [-0.2, 0) is 16.2 Å². The highest BCUT2D eigenvalue weighted by molar-refractivity contribution is 5.97. The zero-order valence-corrected chi connectivity index (χ0v) is 20.9. The van der Waals surface area contributed by atoms with E-state index in [0.717, 1.165) is 25.1 Å². The number of ketones is 1. The molecule has 192 valence electrons. The molecule has 0 spiro atoms. The Hall–Kier alpha value is -4.07. The number of rotatable bonds is 11. The second-order valence-electron chi connectivity index (χ2n) is 9.44. The van der Waals surface area contributed by atoms with Crippen LogP contribution in [0.2, 0.25) is 0 Å². The third kappa shape index (κ3) is 6.20. The molecular formula is C27H30N6O4. The zero-order valence-electron chi connectivity index (χ0n) is 20.9. The molecule has 2 N–H and O–H groups in total. The fraction of sp³-hybridized carbons (Fsp3) is 0.370. The molecule has 0 bridgehead atoms. The number of pyridine rings is 1. The molecule has 1 saturated heterocycles. The van der Waals surface area contributed by atoms with Crippen LogP contribution >= 0.6 is 0 Å². The summed E-state index contributed by atoms with van der Waals surface area (Å²) in [6.07, 6.45) is 3.91. The lowest BCUT2D eigenvalue weighted by atomic mass is 9.73. The van der Waals surface area contributed by atoms with E-state index >= 15 is 0 Å². The number of hydroxylamine groups is 1. The molecule has 4 rings (SSSR count). The third-order valence-corrected chi connectivity index (χ3v) is 6.47. The molecular weight excluding hydrogens is 472 g/mol. The first-order valence-corrected chi connectivity index (χ1v) is 12.2. The lowest BCUT2D eigenvalue weighted by Gasteiger charge is -2.38. The Labute approximate surface area is 215 Å². The molecule has 1 amide bonds. The minimum absolute atomic E-state index is 0.0114. The Morgan fingerprint density at radius 1 is 1.32 bits per heavy atom. The van der Waals surface area contributed by atoms with Gasteiger partial charge in [-0.05, 0) is 82.1 Å². The number of nitrogens with one attached hydrogen (secondary N) is 2. The lowest BCUT2D eigenvalue weighted by molar-refractivity contribution is -0.145. The molecule has 0 unspecified atom stereocenters. The maximum absolute atomic E-state index is 14.0. The fourth-order valence-electron chi connectivity index (χ4n) is 4.74. The lowest BCUT2D eigenvalue weighted by Crippen LogP contribution is -2.50. The van der Waals surface area contributed by atoms with Gasteiger partial charge in [-0.1, -0.05) is 6.07 Å². The third-order valence-electron chi connectivity index (χ3n) is 6.47. The number of aromatic nitrogens is 3. The van der Waals surface area contributed by atoms with Gasteiger partial charge in [0.2, 0.25) is 12.3 Å². The molecule has 0 saturated carbocycles. The normalized spacial score (nSPS) is 16.4. The quantitative estimate of drug-likeness (QED) is 0.232. The highest BCUT2D eigenvalue weighted by Crippen LogP contribution is 2.35. The van der Waals surface area contributed by atoms with E-state index in [0.29, 0.717) is 30.1 Å². The number of ether oxygens (including phenoxy) is 1. The molecule has 1 aliphatic heterocycles. The van der Waals surface area contributed by atoms with Crippen molar-refractivity contribution in [3.05, 3.63) is 71.7 Å². The van der Waals surface area contributed by atoms with Crippen molar-refractivity contribution in [3.8, 4) is 17.6 Å². The first-order valence-electron chi connectivity index (χ1n) is 12.2. The average Bonchev–Trinajstić information content (AvgIpc) is 3.36. The van der Waals surface area contributed by atoms with Crippen LogP contribution in [0, 0.1) is 23.2 Å². The minimum atomic E-state index is -0.991. The molecule has 1 fully saturated rings. The van der Waals surface area contributed by atoms with Crippen LogP contribution in [0.4, 0.5) is 0 Å². The standard InChI is InChI=1S/C27H30N6O4/c1-27(2,37-31-18-34)25(20-6-5-12-29-16-20)26(35)23-14-24(36-17-21-7-3-4-13-30-21)33(32-23)22-10-8-19(15-28)9-11-22/h3-4,7-11,13-14,18,20,25,29H,5-6,12,16-17H2,1-2H3,(H,31,34)/t20-,25-/m0/s1. The van der Waals surface area contributed by atoms with Gasteiger partial charge in [-0.15, -0.1) is 0 Å². The highest BCUT2D eigenvalue weighted by atomic mass is 16.7. The smallest absolute Gasteiger partial charge is 0.230 e. The number of hydrogen-bond donors (Lipinski definition) is 2. The van der Waals surface area contributed by atoms with Gasteiger partial charge in [0.1, 0.15) is 17.9 Å². The van der Waals surface area contributed by atoms with E-state index in [1.165, 1.54) is 0 Å². The summed E-state index contributed by atoms with van der Waals surface area (Å²) in [6, 6.07) is 16.1. The molecule has 0 radical (unpaired) electrons. The molecule has 10 heteroatoms. The van der Waals surface area contributed by atoms with Crippen LogP contribution in [0.3, 0.4) is 0 Å². The maximum atomic E-state index is 14.0.